The number of nitrogens with zero attached hydrogens (tertiary/aromatic N) is 1. The highest BCUT2D eigenvalue weighted by Crippen LogP contribution is 2.33. The third kappa shape index (κ3) is 4.01. The second kappa shape index (κ2) is 7.92. The van der Waals surface area contributed by atoms with E-state index in [1.54, 1.807) is 6.07 Å². The van der Waals surface area contributed by atoms with E-state index >= 15 is 0 Å². The monoisotopic (exact) mass is 418 g/mol. The molecule has 0 saturated heterocycles. The van der Waals surface area contributed by atoms with Crippen LogP contribution in [-0.2, 0) is 14.8 Å². The average Bonchev–Trinajstić information content (AvgIpc) is 2.73. The number of likely N-dealkylation sites (N-methyl/N-ethyl adjacent to an activating group) is 1. The summed E-state index contributed by atoms with van der Waals surface area (Å²) in [5.41, 5.74) is 0.893. The lowest BCUT2D eigenvalue weighted by molar-refractivity contribution is -0.122. The van der Waals surface area contributed by atoms with Crippen molar-refractivity contribution < 1.29 is 27.4 Å². The molecule has 0 radical (unpaired) electrons. The molecule has 2 aliphatic rings. The third-order valence-corrected chi connectivity index (χ3v) is 6.68. The van der Waals surface area contributed by atoms with Crippen LogP contribution in [0.15, 0.2) is 47.4 Å². The minimum Gasteiger partial charge on any atom is -0.493 e. The molecule has 2 heterocycles. The van der Waals surface area contributed by atoms with Gasteiger partial charge in [0.15, 0.2) is 11.5 Å². The van der Waals surface area contributed by atoms with Crippen LogP contribution in [0.4, 0.5) is 0 Å². The second-order valence-corrected chi connectivity index (χ2v) is 8.91. The molecule has 0 aromatic heterocycles. The van der Waals surface area contributed by atoms with E-state index in [0.29, 0.717) is 37.7 Å². The van der Waals surface area contributed by atoms with Crippen LogP contribution in [0.5, 0.6) is 17.2 Å². The van der Waals surface area contributed by atoms with E-state index < -0.39 is 10.0 Å². The van der Waals surface area contributed by atoms with Gasteiger partial charge in [0, 0.05) is 25.1 Å². The minimum absolute atomic E-state index is 0.0495. The second-order valence-electron chi connectivity index (χ2n) is 6.86. The number of carbonyl (C=O) groups is 1. The lowest BCUT2D eigenvalue weighted by Gasteiger charge is -2.27. The normalized spacial score (nSPS) is 17.9. The maximum atomic E-state index is 12.9. The van der Waals surface area contributed by atoms with Crippen molar-refractivity contribution in [2.24, 2.45) is 0 Å². The Kier molecular flexibility index (Phi) is 5.33. The molecular formula is C20H22N2O6S. The Morgan fingerprint density at radius 2 is 1.76 bits per heavy atom. The first-order valence-electron chi connectivity index (χ1n) is 9.32. The number of hydrogen-bond acceptors (Lipinski definition) is 6. The summed E-state index contributed by atoms with van der Waals surface area (Å²) in [6, 6.07) is 11.7. The molecule has 0 unspecified atom stereocenters. The van der Waals surface area contributed by atoms with Gasteiger partial charge in [-0.25, -0.2) is 8.42 Å². The van der Waals surface area contributed by atoms with Gasteiger partial charge >= 0.3 is 0 Å². The Labute approximate surface area is 169 Å². The predicted octanol–water partition coefficient (Wildman–Crippen LogP) is 1.72. The van der Waals surface area contributed by atoms with Gasteiger partial charge in [-0.2, -0.15) is 4.31 Å². The Morgan fingerprint density at radius 1 is 1.03 bits per heavy atom. The van der Waals surface area contributed by atoms with Gasteiger partial charge in [-0.15, -0.1) is 0 Å². The van der Waals surface area contributed by atoms with E-state index in [2.05, 4.69) is 5.32 Å². The first-order valence-corrected chi connectivity index (χ1v) is 10.8. The van der Waals surface area contributed by atoms with E-state index in [-0.39, 0.29) is 23.4 Å². The maximum Gasteiger partial charge on any atom is 0.243 e. The van der Waals surface area contributed by atoms with Gasteiger partial charge in [-0.3, -0.25) is 4.79 Å². The van der Waals surface area contributed by atoms with Gasteiger partial charge < -0.3 is 19.5 Å². The van der Waals surface area contributed by atoms with Crippen LogP contribution < -0.4 is 19.5 Å². The molecule has 1 amide bonds. The number of sulfonamides is 1. The van der Waals surface area contributed by atoms with Crippen LogP contribution in [-0.4, -0.2) is 52.0 Å². The minimum atomic E-state index is -3.86. The molecule has 29 heavy (non-hydrogen) atoms. The summed E-state index contributed by atoms with van der Waals surface area (Å²) >= 11 is 0. The standard InChI is InChI=1S/C20H22N2O6S/c1-22(29(24,25)14-6-7-18-19(12-14)28-11-10-27-18)13-20(23)21-16-8-9-26-17-5-3-2-4-15(16)17/h2-7,12,16H,8-11,13H2,1H3,(H,21,23)/t16-/m0/s1. The van der Waals surface area contributed by atoms with E-state index in [1.165, 1.54) is 19.2 Å². The Hall–Kier alpha value is -2.78. The van der Waals surface area contributed by atoms with Crippen molar-refractivity contribution in [3.63, 3.8) is 0 Å². The molecule has 0 saturated carbocycles. The molecule has 1 atom stereocenters. The van der Waals surface area contributed by atoms with Gasteiger partial charge in [0.1, 0.15) is 19.0 Å². The lowest BCUT2D eigenvalue weighted by atomic mass is 10.0. The van der Waals surface area contributed by atoms with Crippen LogP contribution in [0, 0.1) is 0 Å². The topological polar surface area (TPSA) is 94.2 Å². The van der Waals surface area contributed by atoms with Crippen LogP contribution in [0.25, 0.3) is 0 Å². The number of benzene rings is 2. The average molecular weight is 418 g/mol. The fourth-order valence-corrected chi connectivity index (χ4v) is 4.53. The van der Waals surface area contributed by atoms with E-state index in [0.717, 1.165) is 15.6 Å². The molecular weight excluding hydrogens is 396 g/mol. The van der Waals surface area contributed by atoms with Gasteiger partial charge in [0.2, 0.25) is 15.9 Å². The smallest absolute Gasteiger partial charge is 0.243 e. The zero-order valence-electron chi connectivity index (χ0n) is 16.0. The molecule has 154 valence electrons. The predicted molar refractivity (Wildman–Crippen MR) is 105 cm³/mol. The number of para-hydroxylation sites is 1. The van der Waals surface area contributed by atoms with Crippen LogP contribution in [0.1, 0.15) is 18.0 Å². The van der Waals surface area contributed by atoms with Gasteiger partial charge in [0.25, 0.3) is 0 Å². The van der Waals surface area contributed by atoms with Crippen molar-refractivity contribution in [2.75, 3.05) is 33.4 Å². The van der Waals surface area contributed by atoms with E-state index in [4.69, 9.17) is 14.2 Å². The van der Waals surface area contributed by atoms with Crippen LogP contribution >= 0.6 is 0 Å². The van der Waals surface area contributed by atoms with Crippen molar-refractivity contribution in [3.8, 4) is 17.2 Å². The van der Waals surface area contributed by atoms with Crippen LogP contribution in [0.2, 0.25) is 0 Å². The molecule has 1 N–H and O–H groups in total. The number of carbonyl (C=O) groups excluding carboxylic acids is 1. The fraction of sp³-hybridized carbons (Fsp3) is 0.350. The Balaban J connectivity index is 1.45. The highest BCUT2D eigenvalue weighted by atomic mass is 32.2. The lowest BCUT2D eigenvalue weighted by Crippen LogP contribution is -2.40. The molecule has 8 nitrogen and oxygen atoms in total. The first-order chi connectivity index (χ1) is 13.9. The summed E-state index contributed by atoms with van der Waals surface area (Å²) in [6.45, 7) is 0.986. The molecule has 9 heteroatoms. The molecule has 4 rings (SSSR count). The molecule has 0 spiro atoms. The van der Waals surface area contributed by atoms with Crippen molar-refractivity contribution in [3.05, 3.63) is 48.0 Å². The molecule has 2 aliphatic heterocycles. The highest BCUT2D eigenvalue weighted by molar-refractivity contribution is 7.89. The number of nitrogens with one attached hydrogen (secondary N) is 1. The number of amides is 1. The van der Waals surface area contributed by atoms with Crippen molar-refractivity contribution in [1.82, 2.24) is 9.62 Å². The third-order valence-electron chi connectivity index (χ3n) is 4.88. The van der Waals surface area contributed by atoms with Gasteiger partial charge in [0.05, 0.1) is 24.1 Å². The summed E-state index contributed by atoms with van der Waals surface area (Å²) in [5.74, 6) is 1.25. The zero-order chi connectivity index (χ0) is 20.4. The SMILES string of the molecule is CN(CC(=O)N[C@H]1CCOc2ccccc21)S(=O)(=O)c1ccc2c(c1)OCCO2. The molecule has 0 aliphatic carbocycles. The van der Waals surface area contributed by atoms with Crippen molar-refractivity contribution in [2.45, 2.75) is 17.4 Å². The molecule has 2 aromatic rings. The fourth-order valence-electron chi connectivity index (χ4n) is 3.38. The molecule has 2 aromatic carbocycles. The molecule has 0 fully saturated rings. The molecule has 0 bridgehead atoms. The van der Waals surface area contributed by atoms with Gasteiger partial charge in [-0.1, -0.05) is 18.2 Å². The summed E-state index contributed by atoms with van der Waals surface area (Å²) in [4.78, 5) is 12.6. The Bertz CT molecular complexity index is 1020. The Morgan fingerprint density at radius 3 is 2.59 bits per heavy atom. The summed E-state index contributed by atoms with van der Waals surface area (Å²) in [6.07, 6.45) is 0.626. The summed E-state index contributed by atoms with van der Waals surface area (Å²) < 4.78 is 43.2. The number of rotatable bonds is 5. The highest BCUT2D eigenvalue weighted by Gasteiger charge is 2.27. The van der Waals surface area contributed by atoms with Gasteiger partial charge in [-0.05, 0) is 18.2 Å². The van der Waals surface area contributed by atoms with E-state index in [9.17, 15) is 13.2 Å². The largest absolute Gasteiger partial charge is 0.493 e. The maximum absolute atomic E-state index is 12.9. The number of fused-ring (bicyclic) bond motifs is 2. The summed E-state index contributed by atoms with van der Waals surface area (Å²) in [7, 11) is -2.48. The zero-order valence-corrected chi connectivity index (χ0v) is 16.8. The number of ether oxygens (including phenoxy) is 3. The van der Waals surface area contributed by atoms with Crippen molar-refractivity contribution >= 4 is 15.9 Å². The van der Waals surface area contributed by atoms with Crippen molar-refractivity contribution in [1.29, 1.82) is 0 Å². The van der Waals surface area contributed by atoms with E-state index in [1.807, 2.05) is 24.3 Å². The number of hydrogen-bond donors (Lipinski definition) is 1. The quantitative estimate of drug-likeness (QED) is 0.795. The summed E-state index contributed by atoms with van der Waals surface area (Å²) in [5, 5.41) is 2.91. The van der Waals surface area contributed by atoms with Crippen LogP contribution in [0.3, 0.4) is 0 Å². The first kappa shape index (κ1) is 19.5.